The molecule has 0 aromatic carbocycles. The molecule has 2 heterocycles. The number of likely N-dealkylation sites (tertiary alicyclic amines) is 1. The second-order valence-corrected chi connectivity index (χ2v) is 4.47. The molecule has 1 aromatic heterocycles. The van der Waals surface area contributed by atoms with Gasteiger partial charge in [0.2, 0.25) is 0 Å². The summed E-state index contributed by atoms with van der Waals surface area (Å²) in [4.78, 5) is 13.2. The average molecular weight is 223 g/mol. The van der Waals surface area contributed by atoms with E-state index in [2.05, 4.69) is 5.10 Å². The van der Waals surface area contributed by atoms with Gasteiger partial charge in [-0.05, 0) is 24.9 Å². The summed E-state index contributed by atoms with van der Waals surface area (Å²) in [5, 5.41) is 13.3. The van der Waals surface area contributed by atoms with Gasteiger partial charge in [-0.25, -0.2) is 0 Å². The third-order valence-corrected chi connectivity index (χ3v) is 3.34. The number of carboxylic acid groups (broad SMARTS) is 1. The summed E-state index contributed by atoms with van der Waals surface area (Å²) in [6, 6.07) is 1.58. The van der Waals surface area contributed by atoms with Gasteiger partial charge >= 0.3 is 5.97 Å². The Kier molecular flexibility index (Phi) is 2.96. The Balaban J connectivity index is 2.10. The molecule has 1 fully saturated rings. The molecule has 0 spiro atoms. The van der Waals surface area contributed by atoms with E-state index >= 15 is 0 Å². The summed E-state index contributed by atoms with van der Waals surface area (Å²) in [6.07, 6.45) is 2.69. The van der Waals surface area contributed by atoms with Gasteiger partial charge in [0.15, 0.2) is 0 Å². The van der Waals surface area contributed by atoms with E-state index in [1.807, 2.05) is 24.9 Å². The van der Waals surface area contributed by atoms with Crippen molar-refractivity contribution in [2.24, 2.45) is 13.0 Å². The molecule has 1 aliphatic heterocycles. The summed E-state index contributed by atoms with van der Waals surface area (Å²) in [5.74, 6) is -0.488. The van der Waals surface area contributed by atoms with E-state index in [1.54, 1.807) is 10.9 Å². The third kappa shape index (κ3) is 1.95. The van der Waals surface area contributed by atoms with Gasteiger partial charge in [0.1, 0.15) is 6.04 Å². The monoisotopic (exact) mass is 223 g/mol. The van der Waals surface area contributed by atoms with E-state index in [4.69, 9.17) is 0 Å². The molecule has 5 nitrogen and oxygen atoms in total. The minimum atomic E-state index is -0.716. The topological polar surface area (TPSA) is 58.4 Å². The maximum Gasteiger partial charge on any atom is 0.321 e. The van der Waals surface area contributed by atoms with Crippen molar-refractivity contribution in [3.05, 3.63) is 18.0 Å². The molecule has 0 amide bonds. The van der Waals surface area contributed by atoms with Gasteiger partial charge in [-0.3, -0.25) is 14.4 Å². The molecule has 2 rings (SSSR count). The van der Waals surface area contributed by atoms with Crippen LogP contribution in [0.2, 0.25) is 0 Å². The fraction of sp³-hybridized carbons (Fsp3) is 0.636. The number of aliphatic carboxylic acids is 1. The highest BCUT2D eigenvalue weighted by molar-refractivity contribution is 5.74. The van der Waals surface area contributed by atoms with Gasteiger partial charge in [-0.15, -0.1) is 0 Å². The second kappa shape index (κ2) is 4.25. The van der Waals surface area contributed by atoms with Gasteiger partial charge in [0.05, 0.1) is 5.69 Å². The molecule has 0 saturated carbocycles. The summed E-state index contributed by atoms with van der Waals surface area (Å²) in [5.41, 5.74) is 1.06. The van der Waals surface area contributed by atoms with Gasteiger partial charge in [0.25, 0.3) is 0 Å². The number of rotatable bonds is 3. The lowest BCUT2D eigenvalue weighted by atomic mass is 10.0. The maximum atomic E-state index is 11.2. The standard InChI is InChI=1S/C11H17N3O2/c1-8-4-6-14(10(8)11(15)16)7-9-3-5-12-13(9)2/h3,5,8,10H,4,6-7H2,1-2H3,(H,15,16). The Morgan fingerprint density at radius 1 is 1.69 bits per heavy atom. The van der Waals surface area contributed by atoms with Gasteiger partial charge < -0.3 is 5.11 Å². The number of aryl methyl sites for hydroxylation is 1. The SMILES string of the molecule is CC1CCN(Cc2ccnn2C)C1C(=O)O. The molecule has 1 N–H and O–H groups in total. The Labute approximate surface area is 94.7 Å². The molecule has 5 heteroatoms. The van der Waals surface area contributed by atoms with E-state index in [1.165, 1.54) is 0 Å². The van der Waals surface area contributed by atoms with Crippen LogP contribution in [-0.2, 0) is 18.4 Å². The van der Waals surface area contributed by atoms with Crippen molar-refractivity contribution in [2.75, 3.05) is 6.54 Å². The number of hydrogen-bond acceptors (Lipinski definition) is 3. The summed E-state index contributed by atoms with van der Waals surface area (Å²) in [6.45, 7) is 3.52. The normalized spacial score (nSPS) is 26.1. The molecule has 1 aromatic rings. The van der Waals surface area contributed by atoms with Crippen LogP contribution in [0.1, 0.15) is 19.0 Å². The lowest BCUT2D eigenvalue weighted by Gasteiger charge is -2.22. The van der Waals surface area contributed by atoms with Crippen molar-refractivity contribution in [3.8, 4) is 0 Å². The Morgan fingerprint density at radius 3 is 3.00 bits per heavy atom. The zero-order valence-electron chi connectivity index (χ0n) is 9.63. The first-order chi connectivity index (χ1) is 7.59. The number of aromatic nitrogens is 2. The minimum Gasteiger partial charge on any atom is -0.480 e. The highest BCUT2D eigenvalue weighted by atomic mass is 16.4. The van der Waals surface area contributed by atoms with Crippen LogP contribution >= 0.6 is 0 Å². The first kappa shape index (κ1) is 11.1. The van der Waals surface area contributed by atoms with Crippen molar-refractivity contribution >= 4 is 5.97 Å². The van der Waals surface area contributed by atoms with Crippen LogP contribution in [-0.4, -0.2) is 38.3 Å². The highest BCUT2D eigenvalue weighted by Crippen LogP contribution is 2.25. The molecule has 1 aliphatic rings. The first-order valence-electron chi connectivity index (χ1n) is 5.53. The van der Waals surface area contributed by atoms with E-state index in [0.717, 1.165) is 18.7 Å². The molecule has 0 radical (unpaired) electrons. The zero-order chi connectivity index (χ0) is 11.7. The molecule has 0 aliphatic carbocycles. The molecular formula is C11H17N3O2. The van der Waals surface area contributed by atoms with E-state index in [9.17, 15) is 9.90 Å². The van der Waals surface area contributed by atoms with Crippen LogP contribution in [0.3, 0.4) is 0 Å². The molecule has 0 bridgehead atoms. The Morgan fingerprint density at radius 2 is 2.44 bits per heavy atom. The largest absolute Gasteiger partial charge is 0.480 e. The predicted molar refractivity (Wildman–Crippen MR) is 58.8 cm³/mol. The van der Waals surface area contributed by atoms with E-state index in [-0.39, 0.29) is 12.0 Å². The lowest BCUT2D eigenvalue weighted by molar-refractivity contribution is -0.143. The summed E-state index contributed by atoms with van der Waals surface area (Å²) < 4.78 is 1.79. The fourth-order valence-electron chi connectivity index (χ4n) is 2.37. The van der Waals surface area contributed by atoms with Crippen LogP contribution in [0.5, 0.6) is 0 Å². The number of carboxylic acids is 1. The molecule has 2 unspecified atom stereocenters. The van der Waals surface area contributed by atoms with Crippen molar-refractivity contribution in [1.82, 2.24) is 14.7 Å². The molecule has 1 saturated heterocycles. The number of nitrogens with zero attached hydrogens (tertiary/aromatic N) is 3. The smallest absolute Gasteiger partial charge is 0.321 e. The highest BCUT2D eigenvalue weighted by Gasteiger charge is 2.36. The van der Waals surface area contributed by atoms with Crippen molar-refractivity contribution in [1.29, 1.82) is 0 Å². The predicted octanol–water partition coefficient (Wildman–Crippen LogP) is 0.715. The molecular weight excluding hydrogens is 206 g/mol. The zero-order valence-corrected chi connectivity index (χ0v) is 9.63. The van der Waals surface area contributed by atoms with Crippen LogP contribution in [0, 0.1) is 5.92 Å². The minimum absolute atomic E-state index is 0.228. The maximum absolute atomic E-state index is 11.2. The number of hydrogen-bond donors (Lipinski definition) is 1. The average Bonchev–Trinajstić information content (AvgIpc) is 2.75. The van der Waals surface area contributed by atoms with Crippen molar-refractivity contribution in [2.45, 2.75) is 25.9 Å². The molecule has 88 valence electrons. The van der Waals surface area contributed by atoms with Gasteiger partial charge in [-0.2, -0.15) is 5.10 Å². The van der Waals surface area contributed by atoms with Crippen LogP contribution < -0.4 is 0 Å². The number of carbonyl (C=O) groups is 1. The van der Waals surface area contributed by atoms with Gasteiger partial charge in [-0.1, -0.05) is 6.92 Å². The Bertz CT molecular complexity index is 388. The van der Waals surface area contributed by atoms with Crippen molar-refractivity contribution < 1.29 is 9.90 Å². The molecule has 2 atom stereocenters. The quantitative estimate of drug-likeness (QED) is 0.820. The summed E-state index contributed by atoms with van der Waals surface area (Å²) >= 11 is 0. The van der Waals surface area contributed by atoms with Crippen LogP contribution in [0.15, 0.2) is 12.3 Å². The second-order valence-electron chi connectivity index (χ2n) is 4.47. The van der Waals surface area contributed by atoms with Gasteiger partial charge in [0, 0.05) is 19.8 Å². The third-order valence-electron chi connectivity index (χ3n) is 3.34. The van der Waals surface area contributed by atoms with Crippen LogP contribution in [0.25, 0.3) is 0 Å². The fourth-order valence-corrected chi connectivity index (χ4v) is 2.37. The van der Waals surface area contributed by atoms with Crippen LogP contribution in [0.4, 0.5) is 0 Å². The first-order valence-corrected chi connectivity index (χ1v) is 5.53. The summed E-state index contributed by atoms with van der Waals surface area (Å²) in [7, 11) is 1.88. The molecule has 16 heavy (non-hydrogen) atoms. The van der Waals surface area contributed by atoms with E-state index < -0.39 is 5.97 Å². The Hall–Kier alpha value is -1.36. The van der Waals surface area contributed by atoms with Crippen molar-refractivity contribution in [3.63, 3.8) is 0 Å². The lowest BCUT2D eigenvalue weighted by Crippen LogP contribution is -2.38. The van der Waals surface area contributed by atoms with E-state index in [0.29, 0.717) is 6.54 Å².